The zero-order valence-corrected chi connectivity index (χ0v) is 17.5. The van der Waals surface area contributed by atoms with Gasteiger partial charge in [-0.15, -0.1) is 11.3 Å². The predicted molar refractivity (Wildman–Crippen MR) is 115 cm³/mol. The number of amides is 1. The molecule has 5 nitrogen and oxygen atoms in total. The molecule has 7 heteroatoms. The van der Waals surface area contributed by atoms with Crippen molar-refractivity contribution in [2.45, 2.75) is 44.6 Å². The molecule has 0 radical (unpaired) electrons. The molecule has 144 valence electrons. The number of thioether (sulfide) groups is 1. The molecule has 1 aromatic carbocycles. The van der Waals surface area contributed by atoms with Gasteiger partial charge >= 0.3 is 0 Å². The number of rotatable bonds is 5. The SMILES string of the molecule is CC(=O)c1ccc(NC(=O)CSc2nc(C)nc3sc4c(c23)CCCC4)cc1. The largest absolute Gasteiger partial charge is 0.325 e. The van der Waals surface area contributed by atoms with E-state index in [1.165, 1.54) is 42.0 Å². The molecule has 28 heavy (non-hydrogen) atoms. The summed E-state index contributed by atoms with van der Waals surface area (Å²) in [5.74, 6) is 0.948. The van der Waals surface area contributed by atoms with Crippen molar-refractivity contribution in [1.82, 2.24) is 9.97 Å². The highest BCUT2D eigenvalue weighted by molar-refractivity contribution is 8.00. The molecule has 0 spiro atoms. The third-order valence-electron chi connectivity index (χ3n) is 4.81. The monoisotopic (exact) mass is 411 g/mol. The van der Waals surface area contributed by atoms with Crippen LogP contribution < -0.4 is 5.32 Å². The number of carbonyl (C=O) groups is 2. The van der Waals surface area contributed by atoms with E-state index in [0.717, 1.165) is 33.9 Å². The molecule has 0 aliphatic heterocycles. The van der Waals surface area contributed by atoms with Gasteiger partial charge in [-0.05, 0) is 69.4 Å². The number of nitrogens with one attached hydrogen (secondary N) is 1. The maximum Gasteiger partial charge on any atom is 0.234 e. The lowest BCUT2D eigenvalue weighted by Crippen LogP contribution is -2.14. The van der Waals surface area contributed by atoms with E-state index < -0.39 is 0 Å². The van der Waals surface area contributed by atoms with Gasteiger partial charge in [0.1, 0.15) is 15.7 Å². The number of nitrogens with zero attached hydrogens (tertiary/aromatic N) is 2. The molecule has 2 aromatic heterocycles. The molecule has 1 amide bonds. The molecule has 0 fully saturated rings. The van der Waals surface area contributed by atoms with Crippen LogP contribution in [0.5, 0.6) is 0 Å². The number of hydrogen-bond acceptors (Lipinski definition) is 6. The average molecular weight is 412 g/mol. The second kappa shape index (κ2) is 8.01. The third-order valence-corrected chi connectivity index (χ3v) is 6.97. The first kappa shape index (κ1) is 19.1. The fourth-order valence-corrected chi connectivity index (χ4v) is 5.72. The summed E-state index contributed by atoms with van der Waals surface area (Å²) in [6, 6.07) is 6.95. The summed E-state index contributed by atoms with van der Waals surface area (Å²) in [5.41, 5.74) is 2.70. The lowest BCUT2D eigenvalue weighted by Gasteiger charge is -2.12. The van der Waals surface area contributed by atoms with Gasteiger partial charge < -0.3 is 5.32 Å². The van der Waals surface area contributed by atoms with Crippen molar-refractivity contribution in [3.63, 3.8) is 0 Å². The zero-order chi connectivity index (χ0) is 19.7. The second-order valence-electron chi connectivity index (χ2n) is 6.94. The van der Waals surface area contributed by atoms with Crippen LogP contribution >= 0.6 is 23.1 Å². The van der Waals surface area contributed by atoms with Gasteiger partial charge in [-0.1, -0.05) is 11.8 Å². The van der Waals surface area contributed by atoms with E-state index in [0.29, 0.717) is 11.3 Å². The van der Waals surface area contributed by atoms with E-state index in [4.69, 9.17) is 0 Å². The van der Waals surface area contributed by atoms with Gasteiger partial charge in [-0.2, -0.15) is 0 Å². The molecule has 2 heterocycles. The summed E-state index contributed by atoms with van der Waals surface area (Å²) < 4.78 is 0. The summed E-state index contributed by atoms with van der Waals surface area (Å²) in [6.45, 7) is 3.43. The molecular formula is C21H21N3O2S2. The third kappa shape index (κ3) is 3.95. The maximum atomic E-state index is 12.4. The highest BCUT2D eigenvalue weighted by Gasteiger charge is 2.21. The van der Waals surface area contributed by atoms with Crippen molar-refractivity contribution in [3.8, 4) is 0 Å². The highest BCUT2D eigenvalue weighted by atomic mass is 32.2. The van der Waals surface area contributed by atoms with Gasteiger partial charge in [-0.3, -0.25) is 9.59 Å². The van der Waals surface area contributed by atoms with E-state index >= 15 is 0 Å². The van der Waals surface area contributed by atoms with Crippen molar-refractivity contribution >= 4 is 50.7 Å². The van der Waals surface area contributed by atoms with E-state index in [2.05, 4.69) is 15.3 Å². The second-order valence-corrected chi connectivity index (χ2v) is 8.99. The number of carbonyl (C=O) groups excluding carboxylic acids is 2. The first-order valence-electron chi connectivity index (χ1n) is 9.34. The minimum Gasteiger partial charge on any atom is -0.325 e. The number of anilines is 1. The summed E-state index contributed by atoms with van der Waals surface area (Å²) in [6.07, 6.45) is 4.63. The van der Waals surface area contributed by atoms with Crippen LogP contribution in [-0.4, -0.2) is 27.4 Å². The Bertz CT molecular complexity index is 1060. The predicted octanol–water partition coefficient (Wildman–Crippen LogP) is 4.81. The Balaban J connectivity index is 1.49. The molecule has 1 aliphatic rings. The van der Waals surface area contributed by atoms with Crippen LogP contribution in [0.25, 0.3) is 10.2 Å². The van der Waals surface area contributed by atoms with E-state index in [1.54, 1.807) is 35.6 Å². The van der Waals surface area contributed by atoms with Crippen LogP contribution in [0, 0.1) is 6.92 Å². The summed E-state index contributed by atoms with van der Waals surface area (Å²) in [7, 11) is 0. The number of thiophene rings is 1. The smallest absolute Gasteiger partial charge is 0.234 e. The van der Waals surface area contributed by atoms with Crippen LogP contribution in [0.2, 0.25) is 0 Å². The van der Waals surface area contributed by atoms with Gasteiger partial charge in [0.05, 0.1) is 5.75 Å². The normalized spacial score (nSPS) is 13.4. The zero-order valence-electron chi connectivity index (χ0n) is 15.9. The molecule has 0 saturated heterocycles. The maximum absolute atomic E-state index is 12.4. The molecule has 1 aliphatic carbocycles. The van der Waals surface area contributed by atoms with E-state index in [1.807, 2.05) is 6.92 Å². The lowest BCUT2D eigenvalue weighted by atomic mass is 9.97. The highest BCUT2D eigenvalue weighted by Crippen LogP contribution is 2.39. The van der Waals surface area contributed by atoms with Crippen molar-refractivity contribution < 1.29 is 9.59 Å². The van der Waals surface area contributed by atoms with Crippen LogP contribution in [-0.2, 0) is 17.6 Å². The number of aromatic nitrogens is 2. The number of benzene rings is 1. The van der Waals surface area contributed by atoms with Gasteiger partial charge in [0.2, 0.25) is 5.91 Å². The number of fused-ring (bicyclic) bond motifs is 3. The molecule has 4 rings (SSSR count). The molecule has 0 bridgehead atoms. The minimum atomic E-state index is -0.0888. The Morgan fingerprint density at radius 3 is 2.64 bits per heavy atom. The molecule has 0 saturated carbocycles. The topological polar surface area (TPSA) is 72.0 Å². The average Bonchev–Trinajstić information content (AvgIpc) is 3.04. The minimum absolute atomic E-state index is 0.00988. The number of aryl methyl sites for hydroxylation is 3. The first-order chi connectivity index (χ1) is 13.5. The number of ketones is 1. The molecule has 1 N–H and O–H groups in total. The summed E-state index contributed by atoms with van der Waals surface area (Å²) in [5, 5.41) is 4.94. The quantitative estimate of drug-likeness (QED) is 0.370. The number of hydrogen-bond donors (Lipinski definition) is 1. The molecule has 0 atom stereocenters. The van der Waals surface area contributed by atoms with Gasteiger partial charge in [0.15, 0.2) is 5.78 Å². The van der Waals surface area contributed by atoms with Crippen LogP contribution in [0.4, 0.5) is 5.69 Å². The van der Waals surface area contributed by atoms with Gasteiger partial charge in [-0.25, -0.2) is 9.97 Å². The summed E-state index contributed by atoms with van der Waals surface area (Å²) >= 11 is 3.24. The van der Waals surface area contributed by atoms with Crippen molar-refractivity contribution in [1.29, 1.82) is 0 Å². The number of Topliss-reactive ketones (excluding diaryl/α,β-unsaturated/α-hetero) is 1. The van der Waals surface area contributed by atoms with E-state index in [9.17, 15) is 9.59 Å². The van der Waals surface area contributed by atoms with Crippen LogP contribution in [0.1, 0.15) is 46.4 Å². The Hall–Kier alpha value is -2.25. The van der Waals surface area contributed by atoms with Gasteiger partial charge in [0, 0.05) is 21.5 Å². The first-order valence-corrected chi connectivity index (χ1v) is 11.1. The van der Waals surface area contributed by atoms with Crippen LogP contribution in [0.15, 0.2) is 29.3 Å². The van der Waals surface area contributed by atoms with Crippen molar-refractivity contribution in [2.75, 3.05) is 11.1 Å². The lowest BCUT2D eigenvalue weighted by molar-refractivity contribution is -0.113. The van der Waals surface area contributed by atoms with Gasteiger partial charge in [0.25, 0.3) is 0 Å². The Kier molecular flexibility index (Phi) is 5.46. The standard InChI is InChI=1S/C21H21N3O2S2/c1-12(25)14-7-9-15(10-8-14)24-18(26)11-27-20-19-16-5-3-4-6-17(16)28-21(19)23-13(2)22-20/h7-10H,3-6,11H2,1-2H3,(H,24,26). The van der Waals surface area contributed by atoms with Crippen molar-refractivity contribution in [3.05, 3.63) is 46.1 Å². The Labute approximate surface area is 172 Å². The Morgan fingerprint density at radius 1 is 1.14 bits per heavy atom. The van der Waals surface area contributed by atoms with Crippen molar-refractivity contribution in [2.24, 2.45) is 0 Å². The molecule has 0 unspecified atom stereocenters. The Morgan fingerprint density at radius 2 is 1.89 bits per heavy atom. The molecular weight excluding hydrogens is 390 g/mol. The molecule has 3 aromatic rings. The fraction of sp³-hybridized carbons (Fsp3) is 0.333. The summed E-state index contributed by atoms with van der Waals surface area (Å²) in [4.78, 5) is 35.5. The fourth-order valence-electron chi connectivity index (χ4n) is 3.45. The van der Waals surface area contributed by atoms with Crippen LogP contribution in [0.3, 0.4) is 0 Å². The van der Waals surface area contributed by atoms with E-state index in [-0.39, 0.29) is 17.4 Å².